The molecule has 11 nitrogen and oxygen atoms in total. The van der Waals surface area contributed by atoms with Crippen molar-refractivity contribution in [3.63, 3.8) is 0 Å². The summed E-state index contributed by atoms with van der Waals surface area (Å²) in [6, 6.07) is 18.0. The van der Waals surface area contributed by atoms with Crippen molar-refractivity contribution in [2.45, 2.75) is 40.4 Å². The summed E-state index contributed by atoms with van der Waals surface area (Å²) in [5.41, 5.74) is 2.13. The number of aromatic nitrogens is 3. The van der Waals surface area contributed by atoms with Crippen molar-refractivity contribution in [2.75, 3.05) is 7.05 Å². The second-order valence-electron chi connectivity index (χ2n) is 9.03. The van der Waals surface area contributed by atoms with Crippen LogP contribution in [-0.2, 0) is 9.53 Å². The molecule has 5 unspecified atom stereocenters. The molecule has 1 amide bonds. The van der Waals surface area contributed by atoms with E-state index in [0.29, 0.717) is 32.7 Å². The van der Waals surface area contributed by atoms with Crippen LogP contribution in [0, 0.1) is 0 Å². The molecule has 206 valence electrons. The van der Waals surface area contributed by atoms with Gasteiger partial charge >= 0.3 is 5.97 Å². The van der Waals surface area contributed by atoms with Gasteiger partial charge in [-0.15, -0.1) is 0 Å². The Balaban J connectivity index is 1.60. The van der Waals surface area contributed by atoms with E-state index in [1.807, 2.05) is 36.4 Å². The van der Waals surface area contributed by atoms with Gasteiger partial charge in [-0.1, -0.05) is 30.0 Å². The van der Waals surface area contributed by atoms with Crippen LogP contribution in [0.25, 0.3) is 23.1 Å². The average molecular weight is 563 g/mol. The number of nitrogens with zero attached hydrogens (tertiary/aromatic N) is 3. The maximum atomic E-state index is 12.4. The molecule has 4 aromatic rings. The van der Waals surface area contributed by atoms with Crippen LogP contribution < -0.4 is 5.32 Å². The smallest absolute Gasteiger partial charge is 0.335 e. The molecule has 0 bridgehead atoms. The van der Waals surface area contributed by atoms with E-state index in [9.17, 15) is 30.0 Å². The van der Waals surface area contributed by atoms with Gasteiger partial charge in [-0.2, -0.15) is 5.10 Å². The number of rotatable bonds is 7. The normalized spacial score (nSPS) is 22.9. The standard InChI is InChI=1S/C28H26N4O7S/c1-29-26(36)18-7-2-3-8-21(18)40-16-10-11-17-19(12-9-15-6-4-5-13-30-15)31-32(20(17)14-16)27-24(35)22(33)23(34)25(39-27)28(37)38/h2-14,22-25,27,33-35H,1H3,(H,29,36)(H,37,38). The molecule has 0 spiro atoms. The van der Waals surface area contributed by atoms with Gasteiger partial charge in [0.2, 0.25) is 0 Å². The predicted octanol–water partition coefficient (Wildman–Crippen LogP) is 2.18. The molecule has 1 aliphatic rings. The van der Waals surface area contributed by atoms with Gasteiger partial charge in [0.1, 0.15) is 18.3 Å². The number of hydrogen-bond donors (Lipinski definition) is 5. The van der Waals surface area contributed by atoms with E-state index in [2.05, 4.69) is 15.4 Å². The highest BCUT2D eigenvalue weighted by molar-refractivity contribution is 7.99. The molecule has 1 aliphatic heterocycles. The number of aliphatic hydroxyl groups excluding tert-OH is 3. The van der Waals surface area contributed by atoms with Gasteiger partial charge in [-0.05, 0) is 54.6 Å². The van der Waals surface area contributed by atoms with Crippen molar-refractivity contribution in [1.29, 1.82) is 0 Å². The molecule has 0 radical (unpaired) electrons. The predicted molar refractivity (Wildman–Crippen MR) is 146 cm³/mol. The lowest BCUT2D eigenvalue weighted by Gasteiger charge is -2.38. The quantitative estimate of drug-likeness (QED) is 0.225. The number of aliphatic carboxylic acids is 1. The molecule has 1 fully saturated rings. The average Bonchev–Trinajstić information content (AvgIpc) is 3.32. The summed E-state index contributed by atoms with van der Waals surface area (Å²) in [4.78, 5) is 29.8. The molecule has 2 aromatic heterocycles. The highest BCUT2D eigenvalue weighted by Crippen LogP contribution is 2.36. The van der Waals surface area contributed by atoms with Crippen LogP contribution in [0.2, 0.25) is 0 Å². The monoisotopic (exact) mass is 562 g/mol. The van der Waals surface area contributed by atoms with Gasteiger partial charge in [0.05, 0.1) is 22.5 Å². The van der Waals surface area contributed by atoms with Gasteiger partial charge in [0.25, 0.3) is 5.91 Å². The van der Waals surface area contributed by atoms with Crippen molar-refractivity contribution in [1.82, 2.24) is 20.1 Å². The number of carboxylic acids is 1. The third kappa shape index (κ3) is 5.35. The Kier molecular flexibility index (Phi) is 7.96. The van der Waals surface area contributed by atoms with E-state index in [1.165, 1.54) is 16.4 Å². The number of aliphatic hydroxyl groups is 3. The van der Waals surface area contributed by atoms with E-state index in [-0.39, 0.29) is 5.91 Å². The summed E-state index contributed by atoms with van der Waals surface area (Å²) in [7, 11) is 1.56. The first-order chi connectivity index (χ1) is 19.3. The van der Waals surface area contributed by atoms with Gasteiger partial charge in [-0.25, -0.2) is 9.48 Å². The Hall–Kier alpha value is -4.07. The molecule has 5 N–H and O–H groups in total. The lowest BCUT2D eigenvalue weighted by Crippen LogP contribution is -2.57. The molecular formula is C28H26N4O7S. The van der Waals surface area contributed by atoms with Gasteiger partial charge in [0.15, 0.2) is 12.3 Å². The van der Waals surface area contributed by atoms with Crippen LogP contribution in [0.1, 0.15) is 28.0 Å². The van der Waals surface area contributed by atoms with Crippen LogP contribution in [0.3, 0.4) is 0 Å². The number of carbonyl (C=O) groups excluding carboxylic acids is 1. The fourth-order valence-electron chi connectivity index (χ4n) is 4.43. The Morgan fingerprint density at radius 1 is 1.00 bits per heavy atom. The van der Waals surface area contributed by atoms with E-state index < -0.39 is 36.6 Å². The number of nitrogens with one attached hydrogen (secondary N) is 1. The summed E-state index contributed by atoms with van der Waals surface area (Å²) in [6.07, 6.45) is -3.36. The molecule has 12 heteroatoms. The number of amides is 1. The highest BCUT2D eigenvalue weighted by Gasteiger charge is 2.48. The fourth-order valence-corrected chi connectivity index (χ4v) is 5.41. The maximum Gasteiger partial charge on any atom is 0.335 e. The van der Waals surface area contributed by atoms with Crippen molar-refractivity contribution in [3.8, 4) is 0 Å². The number of hydrogen-bond acceptors (Lipinski definition) is 9. The number of fused-ring (bicyclic) bond motifs is 1. The lowest BCUT2D eigenvalue weighted by molar-refractivity contribution is -0.248. The summed E-state index contributed by atoms with van der Waals surface area (Å²) in [5.74, 6) is -1.72. The summed E-state index contributed by atoms with van der Waals surface area (Å²) in [6.45, 7) is 0. The molecule has 5 atom stereocenters. The van der Waals surface area contributed by atoms with Gasteiger partial charge < -0.3 is 30.5 Å². The summed E-state index contributed by atoms with van der Waals surface area (Å²) < 4.78 is 6.88. The topological polar surface area (TPSA) is 167 Å². The molecule has 2 aromatic carbocycles. The van der Waals surface area contributed by atoms with Crippen LogP contribution >= 0.6 is 11.8 Å². The second kappa shape index (κ2) is 11.6. The molecule has 1 saturated heterocycles. The second-order valence-corrected chi connectivity index (χ2v) is 10.1. The van der Waals surface area contributed by atoms with Crippen LogP contribution in [-0.4, -0.2) is 78.5 Å². The zero-order valence-electron chi connectivity index (χ0n) is 21.2. The zero-order valence-corrected chi connectivity index (χ0v) is 22.0. The minimum absolute atomic E-state index is 0.234. The minimum Gasteiger partial charge on any atom is -0.479 e. The number of carbonyl (C=O) groups is 2. The fraction of sp³-hybridized carbons (Fsp3) is 0.214. The Bertz CT molecular complexity index is 1580. The first-order valence-electron chi connectivity index (χ1n) is 12.3. The molecule has 0 saturated carbocycles. The third-order valence-corrected chi connectivity index (χ3v) is 7.53. The lowest BCUT2D eigenvalue weighted by atomic mass is 9.98. The van der Waals surface area contributed by atoms with Crippen LogP contribution in [0.4, 0.5) is 0 Å². The van der Waals surface area contributed by atoms with Crippen molar-refractivity contribution < 1.29 is 34.8 Å². The molecule has 3 heterocycles. The van der Waals surface area contributed by atoms with E-state index >= 15 is 0 Å². The number of carboxylic acid groups (broad SMARTS) is 1. The van der Waals surface area contributed by atoms with Crippen LogP contribution in [0.15, 0.2) is 76.7 Å². The highest BCUT2D eigenvalue weighted by atomic mass is 32.2. The van der Waals surface area contributed by atoms with Crippen molar-refractivity contribution in [2.24, 2.45) is 0 Å². The number of benzene rings is 2. The van der Waals surface area contributed by atoms with Gasteiger partial charge in [-0.3, -0.25) is 9.78 Å². The third-order valence-electron chi connectivity index (χ3n) is 6.47. The minimum atomic E-state index is -1.83. The largest absolute Gasteiger partial charge is 0.479 e. The molecular weight excluding hydrogens is 536 g/mol. The Labute approximate surface area is 232 Å². The first-order valence-corrected chi connectivity index (χ1v) is 13.1. The van der Waals surface area contributed by atoms with E-state index in [1.54, 1.807) is 49.7 Å². The van der Waals surface area contributed by atoms with E-state index in [0.717, 1.165) is 4.90 Å². The van der Waals surface area contributed by atoms with Gasteiger partial charge in [0, 0.05) is 28.4 Å². The Morgan fingerprint density at radius 2 is 1.77 bits per heavy atom. The first kappa shape index (κ1) is 27.5. The zero-order chi connectivity index (χ0) is 28.4. The SMILES string of the molecule is CNC(=O)c1ccccc1Sc1ccc2c(C=Cc3ccccn3)nn(C3OC(C(=O)O)C(O)C(O)C3O)c2c1. The summed E-state index contributed by atoms with van der Waals surface area (Å²) in [5, 5.41) is 48.8. The molecule has 5 rings (SSSR count). The Morgan fingerprint density at radius 3 is 2.50 bits per heavy atom. The molecule has 40 heavy (non-hydrogen) atoms. The summed E-state index contributed by atoms with van der Waals surface area (Å²) >= 11 is 1.34. The van der Waals surface area contributed by atoms with Crippen molar-refractivity contribution in [3.05, 3.63) is 83.8 Å². The van der Waals surface area contributed by atoms with Crippen LogP contribution in [0.5, 0.6) is 0 Å². The van der Waals surface area contributed by atoms with E-state index in [4.69, 9.17) is 4.74 Å². The number of ether oxygens (including phenoxy) is 1. The van der Waals surface area contributed by atoms with Crippen molar-refractivity contribution >= 4 is 46.7 Å². The maximum absolute atomic E-state index is 12.4. The number of pyridine rings is 1. The molecule has 0 aliphatic carbocycles.